The molecule has 0 radical (unpaired) electrons. The zero-order valence-corrected chi connectivity index (χ0v) is 23.9. The Kier molecular flexibility index (Phi) is 8.99. The fourth-order valence-electron chi connectivity index (χ4n) is 4.09. The number of benzene rings is 2. The first-order valence-electron chi connectivity index (χ1n) is 11.4. The van der Waals surface area contributed by atoms with Crippen LogP contribution in [0.25, 0.3) is 0 Å². The smallest absolute Gasteiger partial charge is 0.233 e. The molecule has 0 amide bonds. The van der Waals surface area contributed by atoms with Gasteiger partial charge in [0.2, 0.25) is 16.2 Å². The second-order valence-electron chi connectivity index (χ2n) is 9.14. The number of nitrogens with one attached hydrogen (secondary N) is 1. The van der Waals surface area contributed by atoms with Gasteiger partial charge in [0.1, 0.15) is 21.6 Å². The number of aryl methyl sites for hydroxylation is 4. The highest BCUT2D eigenvalue weighted by Crippen LogP contribution is 2.43. The lowest BCUT2D eigenvalue weighted by Crippen LogP contribution is -2.44. The largest absolute Gasteiger partial charge is 0.744 e. The fourth-order valence-corrected chi connectivity index (χ4v) is 6.35. The van der Waals surface area contributed by atoms with Crippen LogP contribution >= 0.6 is 15.9 Å². The van der Waals surface area contributed by atoms with Crippen LogP contribution in [0.5, 0.6) is 0 Å². The lowest BCUT2D eigenvalue weighted by Gasteiger charge is -2.14. The Morgan fingerprint density at radius 3 is 2.24 bits per heavy atom. The van der Waals surface area contributed by atoms with E-state index in [-0.39, 0.29) is 17.1 Å². The highest BCUT2D eigenvalue weighted by atomic mass is 79.9. The van der Waals surface area contributed by atoms with Crippen molar-refractivity contribution in [2.45, 2.75) is 50.8 Å². The molecule has 12 heteroatoms. The number of pyridine rings is 1. The van der Waals surface area contributed by atoms with Crippen molar-refractivity contribution in [2.24, 2.45) is 0 Å². The standard InChI is InChI=1S/C16H18BrFN3O2S.C9H12O3S/c17-14-4-1-11(9-15(14)18)6-8-24(22,23)20-16-10-21(19)7-5-13(16)12-2-3-12;1-6-4-7(2)9(8(3)5-6)13(10,11)12/h1,4-5,7,9-10,12,20H,2-3,6,8,19H2;4-5H,1-3H3,(H,10,11,12)/q+1;/p-1. The molecule has 1 aliphatic carbocycles. The van der Waals surface area contributed by atoms with Crippen molar-refractivity contribution < 1.29 is 30.5 Å². The Morgan fingerprint density at radius 2 is 1.70 bits per heavy atom. The maximum absolute atomic E-state index is 13.5. The van der Waals surface area contributed by atoms with Gasteiger partial charge in [-0.15, -0.1) is 0 Å². The van der Waals surface area contributed by atoms with Crippen LogP contribution in [0, 0.1) is 26.6 Å². The molecule has 2 aromatic carbocycles. The zero-order chi connectivity index (χ0) is 27.5. The van der Waals surface area contributed by atoms with Crippen LogP contribution in [0.15, 0.2) is 58.2 Å². The fraction of sp³-hybridized carbons (Fsp3) is 0.320. The van der Waals surface area contributed by atoms with E-state index >= 15 is 0 Å². The first-order chi connectivity index (χ1) is 17.2. The van der Waals surface area contributed by atoms with Crippen molar-refractivity contribution >= 4 is 41.8 Å². The Morgan fingerprint density at radius 1 is 1.08 bits per heavy atom. The Hall–Kier alpha value is -2.54. The number of sulfonamides is 1. The van der Waals surface area contributed by atoms with E-state index in [4.69, 9.17) is 5.84 Å². The minimum Gasteiger partial charge on any atom is -0.744 e. The lowest BCUT2D eigenvalue weighted by molar-refractivity contribution is -0.638. The number of hydrogen-bond donors (Lipinski definition) is 2. The highest BCUT2D eigenvalue weighted by molar-refractivity contribution is 9.10. The summed E-state index contributed by atoms with van der Waals surface area (Å²) in [5, 5.41) is 0. The first kappa shape index (κ1) is 29.0. The zero-order valence-electron chi connectivity index (χ0n) is 20.7. The average Bonchev–Trinajstić information content (AvgIpc) is 3.58. The molecular formula is C25H29BrFN3O5S2. The third-order valence-corrected chi connectivity index (χ3v) is 8.86. The quantitative estimate of drug-likeness (QED) is 0.235. The molecule has 3 N–H and O–H groups in total. The van der Waals surface area contributed by atoms with Gasteiger partial charge in [0, 0.05) is 6.07 Å². The topological polar surface area (TPSA) is 133 Å². The van der Waals surface area contributed by atoms with Gasteiger partial charge in [-0.05, 0) is 96.3 Å². The number of nitrogen functional groups attached to an aromatic ring is 1. The normalized spacial score (nSPS) is 13.6. The number of hydrogen-bond acceptors (Lipinski definition) is 6. The van der Waals surface area contributed by atoms with E-state index in [1.54, 1.807) is 50.5 Å². The molecule has 1 aliphatic rings. The van der Waals surface area contributed by atoms with Crippen molar-refractivity contribution in [1.82, 2.24) is 0 Å². The van der Waals surface area contributed by atoms with Crippen LogP contribution in [0.1, 0.15) is 46.6 Å². The molecule has 4 rings (SSSR count). The van der Waals surface area contributed by atoms with Gasteiger partial charge in [-0.1, -0.05) is 28.4 Å². The van der Waals surface area contributed by atoms with E-state index in [1.165, 1.54) is 10.7 Å². The minimum absolute atomic E-state index is 0.0851. The molecule has 1 saturated carbocycles. The van der Waals surface area contributed by atoms with Gasteiger partial charge in [0.05, 0.1) is 15.1 Å². The lowest BCUT2D eigenvalue weighted by atomic mass is 10.1. The summed E-state index contributed by atoms with van der Waals surface area (Å²) in [7, 11) is -7.88. The molecular weight excluding hydrogens is 585 g/mol. The predicted molar refractivity (Wildman–Crippen MR) is 143 cm³/mol. The molecule has 1 aromatic heterocycles. The third kappa shape index (κ3) is 8.22. The molecule has 0 atom stereocenters. The maximum atomic E-state index is 13.5. The van der Waals surface area contributed by atoms with Gasteiger partial charge in [0.25, 0.3) is 0 Å². The monoisotopic (exact) mass is 613 g/mol. The average molecular weight is 615 g/mol. The van der Waals surface area contributed by atoms with E-state index in [9.17, 15) is 25.8 Å². The third-order valence-electron chi connectivity index (χ3n) is 5.80. The summed E-state index contributed by atoms with van der Waals surface area (Å²) in [5.41, 5.74) is 4.12. The number of rotatable bonds is 7. The summed E-state index contributed by atoms with van der Waals surface area (Å²) in [5.74, 6) is 5.56. The molecule has 37 heavy (non-hydrogen) atoms. The molecule has 1 heterocycles. The SMILES string of the molecule is Cc1cc(C)c(S(=O)(=O)[O-])c(C)c1.N[n+]1ccc(C2CC2)c(NS(=O)(=O)CCc2ccc(Br)c(F)c2)c1. The molecule has 0 spiro atoms. The van der Waals surface area contributed by atoms with Crippen LogP contribution in [0.2, 0.25) is 0 Å². The number of aromatic nitrogens is 1. The van der Waals surface area contributed by atoms with Gasteiger partial charge in [-0.25, -0.2) is 27.1 Å². The highest BCUT2D eigenvalue weighted by Gasteiger charge is 2.29. The van der Waals surface area contributed by atoms with Gasteiger partial charge in [0.15, 0.2) is 6.20 Å². The summed E-state index contributed by atoms with van der Waals surface area (Å²) in [6.45, 7) is 5.12. The summed E-state index contributed by atoms with van der Waals surface area (Å²) in [4.78, 5) is -0.0851. The van der Waals surface area contributed by atoms with Crippen molar-refractivity contribution in [2.75, 3.05) is 16.3 Å². The van der Waals surface area contributed by atoms with Crippen LogP contribution in [-0.2, 0) is 26.6 Å². The summed E-state index contributed by atoms with van der Waals surface area (Å²) < 4.78 is 75.0. The number of nitrogens with zero attached hydrogens (tertiary/aromatic N) is 1. The predicted octanol–water partition coefficient (Wildman–Crippen LogP) is 3.97. The van der Waals surface area contributed by atoms with Crippen LogP contribution < -0.4 is 15.2 Å². The van der Waals surface area contributed by atoms with E-state index in [0.717, 1.165) is 24.0 Å². The van der Waals surface area contributed by atoms with Gasteiger partial charge >= 0.3 is 0 Å². The van der Waals surface area contributed by atoms with Gasteiger partial charge in [-0.2, -0.15) is 0 Å². The number of anilines is 1. The van der Waals surface area contributed by atoms with Crippen molar-refractivity contribution in [3.05, 3.63) is 86.9 Å². The Bertz CT molecular complexity index is 1500. The summed E-state index contributed by atoms with van der Waals surface area (Å²) in [6.07, 6.45) is 5.62. The molecule has 0 bridgehead atoms. The second-order valence-corrected chi connectivity index (χ2v) is 13.1. The number of halogens is 2. The van der Waals surface area contributed by atoms with Crippen molar-refractivity contribution in [3.63, 3.8) is 0 Å². The molecule has 0 unspecified atom stereocenters. The molecule has 0 aliphatic heterocycles. The van der Waals surface area contributed by atoms with E-state index in [0.29, 0.717) is 32.8 Å². The first-order valence-corrected chi connectivity index (χ1v) is 15.3. The van der Waals surface area contributed by atoms with Crippen LogP contribution in [-0.4, -0.2) is 27.1 Å². The van der Waals surface area contributed by atoms with E-state index in [1.807, 2.05) is 13.0 Å². The molecule has 1 fully saturated rings. The van der Waals surface area contributed by atoms with Crippen LogP contribution in [0.3, 0.4) is 0 Å². The summed E-state index contributed by atoms with van der Waals surface area (Å²) >= 11 is 3.08. The maximum Gasteiger partial charge on any atom is 0.233 e. The van der Waals surface area contributed by atoms with Gasteiger partial charge < -0.3 is 4.55 Å². The number of nitrogens with two attached hydrogens (primary N) is 1. The Labute approximate surface area is 225 Å². The van der Waals surface area contributed by atoms with E-state index < -0.39 is 26.0 Å². The molecule has 8 nitrogen and oxygen atoms in total. The molecule has 0 saturated heterocycles. The second kappa shape index (κ2) is 11.5. The molecule has 200 valence electrons. The minimum atomic E-state index is -4.33. The summed E-state index contributed by atoms with van der Waals surface area (Å²) in [6, 6.07) is 9.85. The Balaban J connectivity index is 0.000000248. The molecule has 3 aromatic rings. The van der Waals surface area contributed by atoms with Gasteiger partial charge in [-0.3, -0.25) is 4.72 Å². The van der Waals surface area contributed by atoms with E-state index in [2.05, 4.69) is 20.7 Å². The van der Waals surface area contributed by atoms with Crippen molar-refractivity contribution in [1.29, 1.82) is 0 Å². The van der Waals surface area contributed by atoms with Crippen LogP contribution in [0.4, 0.5) is 10.1 Å². The van der Waals surface area contributed by atoms with Crippen molar-refractivity contribution in [3.8, 4) is 0 Å².